The van der Waals surface area contributed by atoms with Gasteiger partial charge in [-0.25, -0.2) is 4.98 Å². The Morgan fingerprint density at radius 2 is 2.00 bits per heavy atom. The van der Waals surface area contributed by atoms with E-state index in [1.165, 1.54) is 25.7 Å². The average Bonchev–Trinajstić information content (AvgIpc) is 2.24. The van der Waals surface area contributed by atoms with Gasteiger partial charge in [-0.2, -0.15) is 0 Å². The zero-order valence-corrected chi connectivity index (χ0v) is 11.5. The van der Waals surface area contributed by atoms with Crippen LogP contribution >= 0.6 is 15.9 Å². The fraction of sp³-hybridized carbons (Fsp3) is 0.615. The Labute approximate surface area is 106 Å². The highest BCUT2D eigenvalue weighted by Crippen LogP contribution is 2.35. The lowest BCUT2D eigenvalue weighted by Gasteiger charge is -2.34. The van der Waals surface area contributed by atoms with Crippen molar-refractivity contribution in [1.82, 2.24) is 4.98 Å². The van der Waals surface area contributed by atoms with E-state index in [1.807, 2.05) is 18.3 Å². The maximum Gasteiger partial charge on any atom is 0.126 e. The Morgan fingerprint density at radius 1 is 1.31 bits per heavy atom. The Morgan fingerprint density at radius 3 is 2.56 bits per heavy atom. The van der Waals surface area contributed by atoms with Gasteiger partial charge in [0.1, 0.15) is 5.82 Å². The van der Waals surface area contributed by atoms with Gasteiger partial charge in [-0.1, -0.05) is 13.8 Å². The lowest BCUT2D eigenvalue weighted by molar-refractivity contribution is 0.232. The van der Waals surface area contributed by atoms with E-state index in [9.17, 15) is 0 Å². The predicted octanol–water partition coefficient (Wildman–Crippen LogP) is 4.22. The molecule has 1 aliphatic rings. The molecule has 1 heterocycles. The molecular weight excluding hydrogens is 264 g/mol. The summed E-state index contributed by atoms with van der Waals surface area (Å²) >= 11 is 3.40. The summed E-state index contributed by atoms with van der Waals surface area (Å²) in [5, 5.41) is 3.51. The van der Waals surface area contributed by atoms with Gasteiger partial charge in [0, 0.05) is 16.7 Å². The van der Waals surface area contributed by atoms with Crippen LogP contribution in [0.1, 0.15) is 39.5 Å². The minimum absolute atomic E-state index is 0.533. The molecule has 0 unspecified atom stereocenters. The van der Waals surface area contributed by atoms with Crippen molar-refractivity contribution in [2.24, 2.45) is 5.41 Å². The monoisotopic (exact) mass is 282 g/mol. The van der Waals surface area contributed by atoms with Crippen LogP contribution in [0.15, 0.2) is 22.8 Å². The molecule has 3 heteroatoms. The molecule has 88 valence electrons. The molecule has 1 aromatic rings. The number of anilines is 1. The number of rotatable bonds is 2. The highest BCUT2D eigenvalue weighted by molar-refractivity contribution is 9.10. The summed E-state index contributed by atoms with van der Waals surface area (Å²) in [6.45, 7) is 4.72. The zero-order valence-electron chi connectivity index (χ0n) is 9.96. The quantitative estimate of drug-likeness (QED) is 0.878. The third-order valence-corrected chi connectivity index (χ3v) is 3.89. The SMILES string of the molecule is CC1(C)CCC(Nc2ccc(Br)cn2)CC1. The lowest BCUT2D eigenvalue weighted by Crippen LogP contribution is -2.30. The second kappa shape index (κ2) is 4.74. The zero-order chi connectivity index (χ0) is 11.6. The summed E-state index contributed by atoms with van der Waals surface area (Å²) in [5.41, 5.74) is 0.533. The van der Waals surface area contributed by atoms with Crippen molar-refractivity contribution < 1.29 is 0 Å². The van der Waals surface area contributed by atoms with E-state index in [0.29, 0.717) is 11.5 Å². The number of aromatic nitrogens is 1. The molecule has 1 N–H and O–H groups in total. The molecule has 16 heavy (non-hydrogen) atoms. The fourth-order valence-corrected chi connectivity index (χ4v) is 2.45. The number of pyridine rings is 1. The van der Waals surface area contributed by atoms with E-state index in [2.05, 4.69) is 40.1 Å². The van der Waals surface area contributed by atoms with Crippen LogP contribution in [-0.4, -0.2) is 11.0 Å². The summed E-state index contributed by atoms with van der Waals surface area (Å²) in [4.78, 5) is 4.35. The van der Waals surface area contributed by atoms with Crippen molar-refractivity contribution in [2.75, 3.05) is 5.32 Å². The molecule has 1 aliphatic carbocycles. The van der Waals surface area contributed by atoms with E-state index < -0.39 is 0 Å². The first kappa shape index (κ1) is 11.9. The number of halogens is 1. The smallest absolute Gasteiger partial charge is 0.126 e. The molecule has 2 nitrogen and oxygen atoms in total. The minimum Gasteiger partial charge on any atom is -0.367 e. The Balaban J connectivity index is 1.89. The van der Waals surface area contributed by atoms with Crippen LogP contribution in [0, 0.1) is 5.41 Å². The third kappa shape index (κ3) is 3.21. The Hall–Kier alpha value is -0.570. The van der Waals surface area contributed by atoms with Crippen molar-refractivity contribution in [2.45, 2.75) is 45.6 Å². The predicted molar refractivity (Wildman–Crippen MR) is 71.6 cm³/mol. The van der Waals surface area contributed by atoms with Gasteiger partial charge in [-0.15, -0.1) is 0 Å². The molecule has 0 amide bonds. The highest BCUT2D eigenvalue weighted by atomic mass is 79.9. The van der Waals surface area contributed by atoms with E-state index in [-0.39, 0.29) is 0 Å². The third-order valence-electron chi connectivity index (χ3n) is 3.42. The summed E-state index contributed by atoms with van der Waals surface area (Å²) in [7, 11) is 0. The van der Waals surface area contributed by atoms with E-state index >= 15 is 0 Å². The number of nitrogens with zero attached hydrogens (tertiary/aromatic N) is 1. The van der Waals surface area contributed by atoms with Gasteiger partial charge in [-0.05, 0) is 59.2 Å². The van der Waals surface area contributed by atoms with E-state index in [0.717, 1.165) is 10.3 Å². The van der Waals surface area contributed by atoms with Crippen molar-refractivity contribution in [3.05, 3.63) is 22.8 Å². The van der Waals surface area contributed by atoms with Crippen LogP contribution in [0.4, 0.5) is 5.82 Å². The molecule has 0 aromatic carbocycles. The van der Waals surface area contributed by atoms with Crippen LogP contribution in [0.2, 0.25) is 0 Å². The molecule has 0 aliphatic heterocycles. The lowest BCUT2D eigenvalue weighted by atomic mass is 9.75. The van der Waals surface area contributed by atoms with Gasteiger partial charge in [0.05, 0.1) is 0 Å². The Bertz CT molecular complexity index is 335. The molecule has 0 spiro atoms. The van der Waals surface area contributed by atoms with Gasteiger partial charge in [0.25, 0.3) is 0 Å². The molecule has 1 fully saturated rings. The molecule has 1 saturated carbocycles. The highest BCUT2D eigenvalue weighted by Gasteiger charge is 2.26. The normalized spacial score (nSPS) is 20.7. The van der Waals surface area contributed by atoms with Crippen LogP contribution in [0.3, 0.4) is 0 Å². The number of hydrogen-bond acceptors (Lipinski definition) is 2. The topological polar surface area (TPSA) is 24.9 Å². The van der Waals surface area contributed by atoms with Crippen molar-refractivity contribution >= 4 is 21.7 Å². The van der Waals surface area contributed by atoms with Gasteiger partial charge in [-0.3, -0.25) is 0 Å². The van der Waals surface area contributed by atoms with Crippen LogP contribution in [-0.2, 0) is 0 Å². The van der Waals surface area contributed by atoms with Crippen LogP contribution in [0.25, 0.3) is 0 Å². The summed E-state index contributed by atoms with van der Waals surface area (Å²) in [6.07, 6.45) is 6.97. The molecule has 2 rings (SSSR count). The second-order valence-electron chi connectivity index (χ2n) is 5.44. The van der Waals surface area contributed by atoms with Crippen LogP contribution < -0.4 is 5.32 Å². The maximum atomic E-state index is 4.35. The number of hydrogen-bond donors (Lipinski definition) is 1. The average molecular weight is 283 g/mol. The molecular formula is C13H19BrN2. The molecule has 0 atom stereocenters. The minimum atomic E-state index is 0.533. The first-order chi connectivity index (χ1) is 7.55. The van der Waals surface area contributed by atoms with Gasteiger partial charge >= 0.3 is 0 Å². The fourth-order valence-electron chi connectivity index (χ4n) is 2.21. The standard InChI is InChI=1S/C13H19BrN2/c1-13(2)7-5-11(6-8-13)16-12-4-3-10(14)9-15-12/h3-4,9,11H,5-8H2,1-2H3,(H,15,16). The maximum absolute atomic E-state index is 4.35. The molecule has 0 radical (unpaired) electrons. The van der Waals surface area contributed by atoms with Gasteiger partial charge < -0.3 is 5.32 Å². The van der Waals surface area contributed by atoms with Gasteiger partial charge in [0.2, 0.25) is 0 Å². The summed E-state index contributed by atoms with van der Waals surface area (Å²) in [6, 6.07) is 4.66. The van der Waals surface area contributed by atoms with Gasteiger partial charge in [0.15, 0.2) is 0 Å². The van der Waals surface area contributed by atoms with E-state index in [4.69, 9.17) is 0 Å². The summed E-state index contributed by atoms with van der Waals surface area (Å²) < 4.78 is 1.03. The molecule has 1 aromatic heterocycles. The second-order valence-corrected chi connectivity index (χ2v) is 6.36. The first-order valence-electron chi connectivity index (χ1n) is 5.93. The van der Waals surface area contributed by atoms with E-state index in [1.54, 1.807) is 0 Å². The van der Waals surface area contributed by atoms with Crippen molar-refractivity contribution in [1.29, 1.82) is 0 Å². The first-order valence-corrected chi connectivity index (χ1v) is 6.73. The van der Waals surface area contributed by atoms with Crippen LogP contribution in [0.5, 0.6) is 0 Å². The number of nitrogens with one attached hydrogen (secondary N) is 1. The summed E-state index contributed by atoms with van der Waals surface area (Å²) in [5.74, 6) is 0.993. The molecule has 0 saturated heterocycles. The largest absolute Gasteiger partial charge is 0.367 e. The Kier molecular flexibility index (Phi) is 3.53. The van der Waals surface area contributed by atoms with Crippen molar-refractivity contribution in [3.63, 3.8) is 0 Å². The molecule has 0 bridgehead atoms. The van der Waals surface area contributed by atoms with Crippen molar-refractivity contribution in [3.8, 4) is 0 Å².